The number of nitrogens with one attached hydrogen (secondary N) is 1. The zero-order chi connectivity index (χ0) is 12.7. The van der Waals surface area contributed by atoms with Crippen LogP contribution < -0.4 is 5.43 Å². The molecule has 0 aliphatic carbocycles. The molecule has 2 bridgehead atoms. The number of hydrogen-bond acceptors (Lipinski definition) is 3. The maximum atomic E-state index is 12.1. The quantitative estimate of drug-likeness (QED) is 0.749. The first-order chi connectivity index (χ1) is 8.66. The van der Waals surface area contributed by atoms with Gasteiger partial charge in [0.1, 0.15) is 5.92 Å². The molecule has 4 atom stereocenters. The molecule has 94 valence electrons. The minimum Gasteiger partial charge on any atom is -0.481 e. The molecule has 0 radical (unpaired) electrons. The van der Waals surface area contributed by atoms with E-state index in [0.29, 0.717) is 0 Å². The number of fused-ring (bicyclic) bond motifs is 2. The van der Waals surface area contributed by atoms with Crippen molar-refractivity contribution < 1.29 is 19.4 Å². The van der Waals surface area contributed by atoms with E-state index in [2.05, 4.69) is 5.43 Å². The van der Waals surface area contributed by atoms with E-state index in [-0.39, 0.29) is 5.91 Å². The number of carbonyl (C=O) groups excluding carboxylic acids is 1. The molecule has 1 saturated heterocycles. The van der Waals surface area contributed by atoms with E-state index in [1.54, 1.807) is 36.7 Å². The molecule has 0 aromatic carbocycles. The summed E-state index contributed by atoms with van der Waals surface area (Å²) in [4.78, 5) is 23.3. The Bertz CT molecular complexity index is 508. The Morgan fingerprint density at radius 2 is 1.72 bits per heavy atom. The first-order valence-corrected chi connectivity index (χ1v) is 5.67. The minimum absolute atomic E-state index is 0.338. The smallest absolute Gasteiger partial charge is 0.310 e. The second-order valence-corrected chi connectivity index (χ2v) is 4.41. The Kier molecular flexibility index (Phi) is 2.45. The number of carboxylic acid groups (broad SMARTS) is 1. The van der Waals surface area contributed by atoms with Crippen molar-refractivity contribution in [3.05, 3.63) is 36.7 Å². The van der Waals surface area contributed by atoms with Gasteiger partial charge in [0.15, 0.2) is 0 Å². The van der Waals surface area contributed by atoms with Gasteiger partial charge in [-0.2, -0.15) is 0 Å². The van der Waals surface area contributed by atoms with Crippen LogP contribution in [-0.2, 0) is 14.3 Å². The third-order valence-electron chi connectivity index (χ3n) is 3.33. The summed E-state index contributed by atoms with van der Waals surface area (Å²) in [5.74, 6) is -2.83. The highest BCUT2D eigenvalue weighted by Gasteiger charge is 2.53. The minimum atomic E-state index is -1.00. The lowest BCUT2D eigenvalue weighted by atomic mass is 9.82. The highest BCUT2D eigenvalue weighted by Crippen LogP contribution is 2.39. The summed E-state index contributed by atoms with van der Waals surface area (Å²) in [6.07, 6.45) is 5.89. The molecular weight excluding hydrogens is 236 g/mol. The number of rotatable bonds is 3. The Morgan fingerprint density at radius 1 is 1.11 bits per heavy atom. The summed E-state index contributed by atoms with van der Waals surface area (Å²) >= 11 is 0. The van der Waals surface area contributed by atoms with Crippen molar-refractivity contribution in [1.29, 1.82) is 0 Å². The number of hydrogen-bond donors (Lipinski definition) is 2. The Labute approximate surface area is 103 Å². The number of nitrogens with zero attached hydrogens (tertiary/aromatic N) is 1. The van der Waals surface area contributed by atoms with Gasteiger partial charge in [-0.15, -0.1) is 0 Å². The Morgan fingerprint density at radius 3 is 2.33 bits per heavy atom. The monoisotopic (exact) mass is 248 g/mol. The standard InChI is InChI=1S/C12H12N2O4/c15-11(13-14-5-1-2-6-14)9-7-3-4-8(18-7)10(9)12(16)17/h1-10H,(H,13,15)(H,16,17). The molecule has 3 heterocycles. The number of aliphatic carboxylic acids is 1. The van der Waals surface area contributed by atoms with E-state index in [1.165, 1.54) is 4.68 Å². The van der Waals surface area contributed by atoms with Crippen molar-refractivity contribution in [2.24, 2.45) is 11.8 Å². The van der Waals surface area contributed by atoms with Crippen LogP contribution >= 0.6 is 0 Å². The second kappa shape index (κ2) is 3.99. The number of ether oxygens (including phenoxy) is 1. The maximum Gasteiger partial charge on any atom is 0.310 e. The highest BCUT2D eigenvalue weighted by molar-refractivity contribution is 5.92. The maximum absolute atomic E-state index is 12.1. The Balaban J connectivity index is 1.80. The van der Waals surface area contributed by atoms with Crippen molar-refractivity contribution in [3.8, 4) is 0 Å². The first-order valence-electron chi connectivity index (χ1n) is 5.67. The molecule has 2 N–H and O–H groups in total. The summed E-state index contributed by atoms with van der Waals surface area (Å²) in [7, 11) is 0. The van der Waals surface area contributed by atoms with Gasteiger partial charge in [0.25, 0.3) is 0 Å². The van der Waals surface area contributed by atoms with Gasteiger partial charge in [-0.3, -0.25) is 19.7 Å². The van der Waals surface area contributed by atoms with Crippen LogP contribution in [0.3, 0.4) is 0 Å². The average Bonchev–Trinajstić information content (AvgIpc) is 3.03. The van der Waals surface area contributed by atoms with E-state index >= 15 is 0 Å². The number of carbonyl (C=O) groups is 2. The third-order valence-corrected chi connectivity index (χ3v) is 3.33. The summed E-state index contributed by atoms with van der Waals surface area (Å²) in [6, 6.07) is 3.54. The summed E-state index contributed by atoms with van der Waals surface area (Å²) in [5, 5.41) is 9.18. The van der Waals surface area contributed by atoms with E-state index in [1.807, 2.05) is 0 Å². The number of amides is 1. The summed E-state index contributed by atoms with van der Waals surface area (Å²) < 4.78 is 6.93. The molecule has 1 fully saturated rings. The van der Waals surface area contributed by atoms with Gasteiger partial charge in [0.2, 0.25) is 5.91 Å². The van der Waals surface area contributed by atoms with E-state index in [4.69, 9.17) is 4.74 Å². The van der Waals surface area contributed by atoms with Crippen LogP contribution in [0, 0.1) is 11.8 Å². The van der Waals surface area contributed by atoms with Crippen molar-refractivity contribution in [2.75, 3.05) is 5.43 Å². The molecule has 6 heteroatoms. The fraction of sp³-hybridized carbons (Fsp3) is 0.333. The molecule has 1 amide bonds. The average molecular weight is 248 g/mol. The van der Waals surface area contributed by atoms with Crippen molar-refractivity contribution in [1.82, 2.24) is 4.68 Å². The summed E-state index contributed by atoms with van der Waals surface area (Å²) in [5.41, 5.74) is 2.63. The first kappa shape index (κ1) is 11.0. The topological polar surface area (TPSA) is 80.6 Å². The SMILES string of the molecule is O=C(O)C1C2C=CC(O2)C1C(=O)Nn1cccc1. The van der Waals surface area contributed by atoms with Gasteiger partial charge in [-0.1, -0.05) is 12.2 Å². The van der Waals surface area contributed by atoms with Crippen LogP contribution in [0.4, 0.5) is 0 Å². The normalized spacial score (nSPS) is 32.7. The number of carboxylic acids is 1. The fourth-order valence-corrected chi connectivity index (χ4v) is 2.53. The van der Waals surface area contributed by atoms with Gasteiger partial charge < -0.3 is 9.84 Å². The van der Waals surface area contributed by atoms with E-state index in [0.717, 1.165) is 0 Å². The Hall–Kier alpha value is -2.08. The molecule has 3 rings (SSSR count). The van der Waals surface area contributed by atoms with Crippen LogP contribution in [0.2, 0.25) is 0 Å². The number of aromatic nitrogens is 1. The fourth-order valence-electron chi connectivity index (χ4n) is 2.53. The molecule has 0 spiro atoms. The van der Waals surface area contributed by atoms with Gasteiger partial charge in [-0.05, 0) is 12.1 Å². The molecule has 4 unspecified atom stereocenters. The molecular formula is C12H12N2O4. The van der Waals surface area contributed by atoms with Crippen LogP contribution in [0.5, 0.6) is 0 Å². The lowest BCUT2D eigenvalue weighted by Gasteiger charge is -2.21. The molecule has 2 aliphatic heterocycles. The van der Waals surface area contributed by atoms with Gasteiger partial charge in [0.05, 0.1) is 18.1 Å². The summed E-state index contributed by atoms with van der Waals surface area (Å²) in [6.45, 7) is 0. The molecule has 1 aromatic heterocycles. The predicted octanol–water partition coefficient (Wildman–Crippen LogP) is 0.212. The molecule has 0 saturated carbocycles. The van der Waals surface area contributed by atoms with Crippen LogP contribution in [0.1, 0.15) is 0 Å². The van der Waals surface area contributed by atoms with Crippen LogP contribution in [-0.4, -0.2) is 33.9 Å². The zero-order valence-electron chi connectivity index (χ0n) is 9.39. The largest absolute Gasteiger partial charge is 0.481 e. The molecule has 2 aliphatic rings. The van der Waals surface area contributed by atoms with Gasteiger partial charge >= 0.3 is 5.97 Å². The molecule has 6 nitrogen and oxygen atoms in total. The third kappa shape index (κ3) is 1.62. The highest BCUT2D eigenvalue weighted by atomic mass is 16.5. The van der Waals surface area contributed by atoms with Crippen LogP contribution in [0.25, 0.3) is 0 Å². The molecule has 18 heavy (non-hydrogen) atoms. The van der Waals surface area contributed by atoms with Crippen LogP contribution in [0.15, 0.2) is 36.7 Å². The zero-order valence-corrected chi connectivity index (χ0v) is 9.39. The lowest BCUT2D eigenvalue weighted by Crippen LogP contribution is -2.41. The van der Waals surface area contributed by atoms with Gasteiger partial charge in [0, 0.05) is 12.4 Å². The van der Waals surface area contributed by atoms with Gasteiger partial charge in [-0.25, -0.2) is 0 Å². The lowest BCUT2D eigenvalue weighted by molar-refractivity contribution is -0.146. The van der Waals surface area contributed by atoms with Crippen molar-refractivity contribution >= 4 is 11.9 Å². The van der Waals surface area contributed by atoms with Crippen molar-refractivity contribution in [3.63, 3.8) is 0 Å². The van der Waals surface area contributed by atoms with Crippen molar-refractivity contribution in [2.45, 2.75) is 12.2 Å². The predicted molar refractivity (Wildman–Crippen MR) is 61.2 cm³/mol. The molecule has 1 aromatic rings. The van der Waals surface area contributed by atoms with E-state index < -0.39 is 30.0 Å². The van der Waals surface area contributed by atoms with E-state index in [9.17, 15) is 14.7 Å². The second-order valence-electron chi connectivity index (χ2n) is 4.41.